The molecule has 1 saturated heterocycles. The number of benzene rings is 2. The third-order valence-electron chi connectivity index (χ3n) is 5.91. The molecule has 2 heterocycles. The van der Waals surface area contributed by atoms with Crippen molar-refractivity contribution in [2.45, 2.75) is 18.7 Å². The molecule has 1 fully saturated rings. The lowest BCUT2D eigenvalue weighted by molar-refractivity contribution is 0.382. The second kappa shape index (κ2) is 9.36. The average Bonchev–Trinajstić information content (AvgIpc) is 2.85. The fourth-order valence-corrected chi connectivity index (χ4v) is 5.77. The molecule has 0 spiro atoms. The summed E-state index contributed by atoms with van der Waals surface area (Å²) in [6.45, 7) is 5.48. The molecule has 1 aliphatic heterocycles. The first-order chi connectivity index (χ1) is 15.8. The number of nitrogens with zero attached hydrogens (tertiary/aromatic N) is 4. The van der Waals surface area contributed by atoms with E-state index in [4.69, 9.17) is 9.47 Å². The van der Waals surface area contributed by atoms with Gasteiger partial charge in [-0.1, -0.05) is 12.1 Å². The van der Waals surface area contributed by atoms with Gasteiger partial charge in [-0.05, 0) is 61.4 Å². The van der Waals surface area contributed by atoms with Crippen LogP contribution >= 0.6 is 0 Å². The second-order valence-electron chi connectivity index (χ2n) is 7.96. The number of methoxy groups -OCH3 is 2. The van der Waals surface area contributed by atoms with Crippen LogP contribution in [0.4, 0.5) is 5.82 Å². The Morgan fingerprint density at radius 3 is 2.15 bits per heavy atom. The van der Waals surface area contributed by atoms with Crippen LogP contribution in [0.2, 0.25) is 0 Å². The van der Waals surface area contributed by atoms with Gasteiger partial charge < -0.3 is 14.4 Å². The Balaban J connectivity index is 1.47. The summed E-state index contributed by atoms with van der Waals surface area (Å²) >= 11 is 0. The SMILES string of the molecule is COc1cc(C)c(S(=O)(=O)N2CCN(c3ccc(-c4ccccc4OC)nn3)CC2)cc1C. The molecule has 2 aromatic carbocycles. The zero-order valence-electron chi connectivity index (χ0n) is 19.3. The molecule has 0 saturated carbocycles. The molecule has 0 N–H and O–H groups in total. The zero-order valence-corrected chi connectivity index (χ0v) is 20.1. The van der Waals surface area contributed by atoms with Crippen LogP contribution in [-0.4, -0.2) is 63.3 Å². The number of aromatic nitrogens is 2. The summed E-state index contributed by atoms with van der Waals surface area (Å²) in [6.07, 6.45) is 0. The predicted octanol–water partition coefficient (Wildman–Crippen LogP) is 3.29. The topological polar surface area (TPSA) is 84.9 Å². The van der Waals surface area contributed by atoms with Crippen LogP contribution in [0.1, 0.15) is 11.1 Å². The van der Waals surface area contributed by atoms with Crippen LogP contribution in [0.15, 0.2) is 53.4 Å². The maximum atomic E-state index is 13.3. The Morgan fingerprint density at radius 1 is 0.818 bits per heavy atom. The van der Waals surface area contributed by atoms with E-state index in [1.807, 2.05) is 43.3 Å². The van der Waals surface area contributed by atoms with Gasteiger partial charge in [-0.25, -0.2) is 8.42 Å². The lowest BCUT2D eigenvalue weighted by Crippen LogP contribution is -2.49. The predicted molar refractivity (Wildman–Crippen MR) is 127 cm³/mol. The maximum Gasteiger partial charge on any atom is 0.243 e. The lowest BCUT2D eigenvalue weighted by atomic mass is 10.1. The molecule has 0 amide bonds. The molecule has 4 rings (SSSR count). The average molecular weight is 469 g/mol. The van der Waals surface area contributed by atoms with E-state index >= 15 is 0 Å². The number of hydrogen-bond acceptors (Lipinski definition) is 7. The highest BCUT2D eigenvalue weighted by Gasteiger charge is 2.30. The summed E-state index contributed by atoms with van der Waals surface area (Å²) in [6, 6.07) is 15.0. The fraction of sp³-hybridized carbons (Fsp3) is 0.333. The maximum absolute atomic E-state index is 13.3. The summed E-state index contributed by atoms with van der Waals surface area (Å²) in [4.78, 5) is 2.38. The highest BCUT2D eigenvalue weighted by Crippen LogP contribution is 2.30. The number of piperazine rings is 1. The van der Waals surface area contributed by atoms with Gasteiger partial charge >= 0.3 is 0 Å². The third-order valence-corrected chi connectivity index (χ3v) is 7.95. The highest BCUT2D eigenvalue weighted by molar-refractivity contribution is 7.89. The third kappa shape index (κ3) is 4.51. The number of ether oxygens (including phenoxy) is 2. The molecule has 0 aliphatic carbocycles. The van der Waals surface area contributed by atoms with E-state index in [0.717, 1.165) is 28.4 Å². The lowest BCUT2D eigenvalue weighted by Gasteiger charge is -2.34. The van der Waals surface area contributed by atoms with Crippen molar-refractivity contribution in [3.8, 4) is 22.8 Å². The van der Waals surface area contributed by atoms with Crippen molar-refractivity contribution in [3.63, 3.8) is 0 Å². The molecule has 1 aliphatic rings. The van der Waals surface area contributed by atoms with Gasteiger partial charge in [0, 0.05) is 31.7 Å². The van der Waals surface area contributed by atoms with Gasteiger partial charge in [0.1, 0.15) is 11.5 Å². The summed E-state index contributed by atoms with van der Waals surface area (Å²) in [5.41, 5.74) is 3.08. The molecule has 174 valence electrons. The van der Waals surface area contributed by atoms with Gasteiger partial charge in [-0.2, -0.15) is 4.31 Å². The minimum absolute atomic E-state index is 0.329. The van der Waals surface area contributed by atoms with E-state index in [1.54, 1.807) is 33.3 Å². The van der Waals surface area contributed by atoms with Gasteiger partial charge in [0.05, 0.1) is 24.8 Å². The Bertz CT molecular complexity index is 1240. The Labute approximate surface area is 194 Å². The van der Waals surface area contributed by atoms with Crippen molar-refractivity contribution >= 4 is 15.8 Å². The smallest absolute Gasteiger partial charge is 0.243 e. The first-order valence-corrected chi connectivity index (χ1v) is 12.2. The van der Waals surface area contributed by atoms with E-state index < -0.39 is 10.0 Å². The van der Waals surface area contributed by atoms with E-state index in [0.29, 0.717) is 42.4 Å². The Morgan fingerprint density at radius 2 is 1.52 bits per heavy atom. The van der Waals surface area contributed by atoms with Crippen LogP contribution in [0, 0.1) is 13.8 Å². The number of anilines is 1. The van der Waals surface area contributed by atoms with Crippen molar-refractivity contribution < 1.29 is 17.9 Å². The number of aryl methyl sites for hydroxylation is 2. The van der Waals surface area contributed by atoms with Gasteiger partial charge in [0.2, 0.25) is 10.0 Å². The molecule has 8 nitrogen and oxygen atoms in total. The largest absolute Gasteiger partial charge is 0.496 e. The van der Waals surface area contributed by atoms with Crippen molar-refractivity contribution in [2.75, 3.05) is 45.3 Å². The van der Waals surface area contributed by atoms with E-state index in [-0.39, 0.29) is 0 Å². The molecule has 9 heteroatoms. The molecular weight excluding hydrogens is 440 g/mol. The second-order valence-corrected chi connectivity index (χ2v) is 9.86. The number of rotatable bonds is 6. The summed E-state index contributed by atoms with van der Waals surface area (Å²) < 4.78 is 38.8. The fourth-order valence-electron chi connectivity index (χ4n) is 4.05. The quantitative estimate of drug-likeness (QED) is 0.549. The monoisotopic (exact) mass is 468 g/mol. The molecule has 33 heavy (non-hydrogen) atoms. The summed E-state index contributed by atoms with van der Waals surface area (Å²) in [7, 11) is -0.383. The molecular formula is C24H28N4O4S. The van der Waals surface area contributed by atoms with E-state index in [1.165, 1.54) is 4.31 Å². The van der Waals surface area contributed by atoms with Gasteiger partial charge in [-0.15, -0.1) is 10.2 Å². The zero-order chi connectivity index (χ0) is 23.6. The molecule has 1 aromatic heterocycles. The Kier molecular flexibility index (Phi) is 6.53. The normalized spacial score (nSPS) is 14.8. The highest BCUT2D eigenvalue weighted by atomic mass is 32.2. The standard InChI is InChI=1S/C24H28N4O4S/c1-17-16-23(18(2)15-22(17)32-4)33(29,30)28-13-11-27(12-14-28)24-10-9-20(25-26-24)19-7-5-6-8-21(19)31-3/h5-10,15-16H,11-14H2,1-4H3. The Hall–Kier alpha value is -3.17. The van der Waals surface area contributed by atoms with Crippen LogP contribution in [0.3, 0.4) is 0 Å². The molecule has 3 aromatic rings. The van der Waals surface area contributed by atoms with Gasteiger partial charge in [0.25, 0.3) is 0 Å². The van der Waals surface area contributed by atoms with Crippen molar-refractivity contribution in [3.05, 3.63) is 59.7 Å². The molecule has 0 unspecified atom stereocenters. The van der Waals surface area contributed by atoms with E-state index in [9.17, 15) is 8.42 Å². The van der Waals surface area contributed by atoms with Crippen molar-refractivity contribution in [2.24, 2.45) is 0 Å². The molecule has 0 bridgehead atoms. The van der Waals surface area contributed by atoms with Crippen molar-refractivity contribution in [1.29, 1.82) is 0 Å². The number of hydrogen-bond donors (Lipinski definition) is 0. The first kappa shape index (κ1) is 23.0. The first-order valence-electron chi connectivity index (χ1n) is 10.7. The minimum Gasteiger partial charge on any atom is -0.496 e. The van der Waals surface area contributed by atoms with E-state index in [2.05, 4.69) is 15.1 Å². The minimum atomic E-state index is -3.60. The van der Waals surface area contributed by atoms with Crippen LogP contribution in [-0.2, 0) is 10.0 Å². The van der Waals surface area contributed by atoms with Crippen LogP contribution in [0.5, 0.6) is 11.5 Å². The van der Waals surface area contributed by atoms with Crippen LogP contribution in [0.25, 0.3) is 11.3 Å². The van der Waals surface area contributed by atoms with Crippen molar-refractivity contribution in [1.82, 2.24) is 14.5 Å². The van der Waals surface area contributed by atoms with Gasteiger partial charge in [-0.3, -0.25) is 0 Å². The molecule has 0 atom stereocenters. The summed E-state index contributed by atoms with van der Waals surface area (Å²) in [5.74, 6) is 2.15. The number of para-hydroxylation sites is 1. The summed E-state index contributed by atoms with van der Waals surface area (Å²) in [5, 5.41) is 8.75. The number of sulfonamides is 1. The van der Waals surface area contributed by atoms with Crippen LogP contribution < -0.4 is 14.4 Å². The van der Waals surface area contributed by atoms with Gasteiger partial charge in [0.15, 0.2) is 5.82 Å². The molecule has 0 radical (unpaired) electrons.